The SMILES string of the molecule is COc1ccc(Oc2ccc(C(C)=O)nc2)c(C(F)(F)F)c1. The van der Waals surface area contributed by atoms with Crippen molar-refractivity contribution in [1.82, 2.24) is 4.98 Å². The zero-order valence-corrected chi connectivity index (χ0v) is 11.8. The number of ether oxygens (including phenoxy) is 2. The van der Waals surface area contributed by atoms with Gasteiger partial charge in [-0.25, -0.2) is 4.98 Å². The molecule has 0 aliphatic carbocycles. The van der Waals surface area contributed by atoms with E-state index in [0.717, 1.165) is 6.07 Å². The summed E-state index contributed by atoms with van der Waals surface area (Å²) in [4.78, 5) is 14.9. The molecule has 0 fully saturated rings. The Morgan fingerprint density at radius 1 is 1.14 bits per heavy atom. The summed E-state index contributed by atoms with van der Waals surface area (Å²) < 4.78 is 49.1. The van der Waals surface area contributed by atoms with Crippen LogP contribution < -0.4 is 9.47 Å². The molecular formula is C15H12F3NO3. The van der Waals surface area contributed by atoms with Gasteiger partial charge in [0.05, 0.1) is 13.3 Å². The molecule has 2 aromatic rings. The Morgan fingerprint density at radius 3 is 2.32 bits per heavy atom. The molecule has 1 aromatic heterocycles. The molecule has 116 valence electrons. The molecule has 0 radical (unpaired) electrons. The van der Waals surface area contributed by atoms with Crippen molar-refractivity contribution >= 4 is 5.78 Å². The number of alkyl halides is 3. The van der Waals surface area contributed by atoms with E-state index in [1.165, 1.54) is 44.5 Å². The second-order valence-corrected chi connectivity index (χ2v) is 4.40. The zero-order valence-electron chi connectivity index (χ0n) is 11.8. The third kappa shape index (κ3) is 3.55. The Hall–Kier alpha value is -2.57. The third-order valence-electron chi connectivity index (χ3n) is 2.82. The summed E-state index contributed by atoms with van der Waals surface area (Å²) in [6.45, 7) is 1.34. The quantitative estimate of drug-likeness (QED) is 0.798. The predicted molar refractivity (Wildman–Crippen MR) is 72.3 cm³/mol. The normalized spacial score (nSPS) is 11.1. The van der Waals surface area contributed by atoms with E-state index in [-0.39, 0.29) is 28.7 Å². The first-order chi connectivity index (χ1) is 10.3. The smallest absolute Gasteiger partial charge is 0.420 e. The molecule has 0 bridgehead atoms. The van der Waals surface area contributed by atoms with Gasteiger partial charge in [0.15, 0.2) is 5.78 Å². The van der Waals surface area contributed by atoms with Gasteiger partial charge in [-0.2, -0.15) is 13.2 Å². The van der Waals surface area contributed by atoms with Crippen LogP contribution in [0.3, 0.4) is 0 Å². The maximum Gasteiger partial charge on any atom is 0.420 e. The lowest BCUT2D eigenvalue weighted by Gasteiger charge is -2.14. The second-order valence-electron chi connectivity index (χ2n) is 4.40. The fourth-order valence-electron chi connectivity index (χ4n) is 1.72. The molecular weight excluding hydrogens is 299 g/mol. The standard InChI is InChI=1S/C15H12F3NO3/c1-9(20)13-5-3-11(8-19-13)22-14-6-4-10(21-2)7-12(14)15(16,17)18/h3-8H,1-2H3. The number of carbonyl (C=O) groups excluding carboxylic acids is 1. The van der Waals surface area contributed by atoms with Crippen LogP contribution in [0.15, 0.2) is 36.5 Å². The lowest BCUT2D eigenvalue weighted by Crippen LogP contribution is -2.07. The van der Waals surface area contributed by atoms with Gasteiger partial charge in [-0.1, -0.05) is 0 Å². The molecule has 4 nitrogen and oxygen atoms in total. The summed E-state index contributed by atoms with van der Waals surface area (Å²) in [5, 5.41) is 0. The molecule has 0 amide bonds. The van der Waals surface area contributed by atoms with Crippen LogP contribution in [-0.2, 0) is 6.18 Å². The number of hydrogen-bond donors (Lipinski definition) is 0. The van der Waals surface area contributed by atoms with Gasteiger partial charge in [-0.05, 0) is 30.3 Å². The van der Waals surface area contributed by atoms with Gasteiger partial charge < -0.3 is 9.47 Å². The first-order valence-corrected chi connectivity index (χ1v) is 6.21. The van der Waals surface area contributed by atoms with Crippen molar-refractivity contribution in [3.05, 3.63) is 47.8 Å². The summed E-state index contributed by atoms with van der Waals surface area (Å²) in [5.41, 5.74) is -0.749. The first kappa shape index (κ1) is 15.8. The van der Waals surface area contributed by atoms with Gasteiger partial charge in [-0.3, -0.25) is 4.79 Å². The lowest BCUT2D eigenvalue weighted by atomic mass is 10.2. The van der Waals surface area contributed by atoms with Crippen molar-refractivity contribution in [2.75, 3.05) is 7.11 Å². The summed E-state index contributed by atoms with van der Waals surface area (Å²) in [7, 11) is 1.28. The molecule has 0 N–H and O–H groups in total. The van der Waals surface area contributed by atoms with E-state index < -0.39 is 11.7 Å². The van der Waals surface area contributed by atoms with Gasteiger partial charge in [0.2, 0.25) is 0 Å². The highest BCUT2D eigenvalue weighted by Gasteiger charge is 2.35. The number of aromatic nitrogens is 1. The van der Waals surface area contributed by atoms with Crippen molar-refractivity contribution in [2.45, 2.75) is 13.1 Å². The van der Waals surface area contributed by atoms with Crippen molar-refractivity contribution < 1.29 is 27.4 Å². The highest BCUT2D eigenvalue weighted by molar-refractivity contribution is 5.92. The number of methoxy groups -OCH3 is 1. The van der Waals surface area contributed by atoms with Gasteiger partial charge in [0.1, 0.15) is 28.5 Å². The molecule has 0 aliphatic rings. The number of carbonyl (C=O) groups is 1. The van der Waals surface area contributed by atoms with Crippen molar-refractivity contribution in [3.63, 3.8) is 0 Å². The zero-order chi connectivity index (χ0) is 16.3. The number of ketones is 1. The minimum Gasteiger partial charge on any atom is -0.497 e. The van der Waals surface area contributed by atoms with E-state index in [9.17, 15) is 18.0 Å². The largest absolute Gasteiger partial charge is 0.497 e. The van der Waals surface area contributed by atoms with E-state index in [0.29, 0.717) is 0 Å². The minimum atomic E-state index is -4.59. The Morgan fingerprint density at radius 2 is 1.82 bits per heavy atom. The van der Waals surface area contributed by atoms with Crippen molar-refractivity contribution in [1.29, 1.82) is 0 Å². The molecule has 7 heteroatoms. The van der Waals surface area contributed by atoms with Crippen LogP contribution in [0.5, 0.6) is 17.2 Å². The third-order valence-corrected chi connectivity index (χ3v) is 2.82. The van der Waals surface area contributed by atoms with Crippen LogP contribution in [0.2, 0.25) is 0 Å². The Balaban J connectivity index is 2.34. The molecule has 2 rings (SSSR count). The molecule has 0 unspecified atom stereocenters. The van der Waals surface area contributed by atoms with E-state index in [2.05, 4.69) is 4.98 Å². The van der Waals surface area contributed by atoms with Crippen LogP contribution in [0.1, 0.15) is 23.0 Å². The molecule has 0 saturated carbocycles. The van der Waals surface area contributed by atoms with Gasteiger partial charge in [0, 0.05) is 6.92 Å². The molecule has 0 spiro atoms. The fourth-order valence-corrected chi connectivity index (χ4v) is 1.72. The average molecular weight is 311 g/mol. The van der Waals surface area contributed by atoms with Gasteiger partial charge in [0.25, 0.3) is 0 Å². The number of rotatable bonds is 4. The van der Waals surface area contributed by atoms with E-state index in [1.807, 2.05) is 0 Å². The summed E-state index contributed by atoms with van der Waals surface area (Å²) >= 11 is 0. The Kier molecular flexibility index (Phi) is 4.35. The fraction of sp³-hybridized carbons (Fsp3) is 0.200. The van der Waals surface area contributed by atoms with Crippen LogP contribution in [0.25, 0.3) is 0 Å². The van der Waals surface area contributed by atoms with Gasteiger partial charge >= 0.3 is 6.18 Å². The number of nitrogens with zero attached hydrogens (tertiary/aromatic N) is 1. The van der Waals surface area contributed by atoms with Crippen molar-refractivity contribution in [3.8, 4) is 17.2 Å². The first-order valence-electron chi connectivity index (χ1n) is 6.21. The predicted octanol–water partition coefficient (Wildman–Crippen LogP) is 4.10. The average Bonchev–Trinajstić information content (AvgIpc) is 2.47. The van der Waals surface area contributed by atoms with Gasteiger partial charge in [-0.15, -0.1) is 0 Å². The highest BCUT2D eigenvalue weighted by Crippen LogP contribution is 2.40. The summed E-state index contributed by atoms with van der Waals surface area (Å²) in [6.07, 6.45) is -3.39. The number of hydrogen-bond acceptors (Lipinski definition) is 4. The molecule has 22 heavy (non-hydrogen) atoms. The Labute approximate surface area is 124 Å². The van der Waals surface area contributed by atoms with E-state index >= 15 is 0 Å². The maximum atomic E-state index is 13.0. The highest BCUT2D eigenvalue weighted by atomic mass is 19.4. The topological polar surface area (TPSA) is 48.4 Å². The molecule has 0 saturated heterocycles. The second kappa shape index (κ2) is 6.05. The number of benzene rings is 1. The molecule has 1 aromatic carbocycles. The lowest BCUT2D eigenvalue weighted by molar-refractivity contribution is -0.138. The van der Waals surface area contributed by atoms with E-state index in [4.69, 9.17) is 9.47 Å². The van der Waals surface area contributed by atoms with Crippen LogP contribution in [-0.4, -0.2) is 17.9 Å². The minimum absolute atomic E-state index is 0.0738. The molecule has 0 aliphatic heterocycles. The van der Waals surface area contributed by atoms with Crippen LogP contribution in [0, 0.1) is 0 Å². The number of Topliss-reactive ketones (excluding diaryl/α,β-unsaturated/α-hetero) is 1. The summed E-state index contributed by atoms with van der Waals surface area (Å²) in [6, 6.07) is 6.15. The molecule has 0 atom stereocenters. The molecule has 1 heterocycles. The van der Waals surface area contributed by atoms with Crippen molar-refractivity contribution in [2.24, 2.45) is 0 Å². The number of pyridine rings is 1. The monoisotopic (exact) mass is 311 g/mol. The maximum absolute atomic E-state index is 13.0. The van der Waals surface area contributed by atoms with Crippen LogP contribution in [0.4, 0.5) is 13.2 Å². The number of halogens is 3. The van der Waals surface area contributed by atoms with Crippen LogP contribution >= 0.6 is 0 Å². The Bertz CT molecular complexity index is 681. The van der Waals surface area contributed by atoms with E-state index in [1.54, 1.807) is 0 Å². The summed E-state index contributed by atoms with van der Waals surface area (Å²) in [5.74, 6) is -0.442.